The van der Waals surface area contributed by atoms with Crippen LogP contribution in [0.5, 0.6) is 0 Å². The van der Waals surface area contributed by atoms with E-state index in [-0.39, 0.29) is 5.91 Å². The number of rotatable bonds is 5. The van der Waals surface area contributed by atoms with E-state index in [4.69, 9.17) is 4.74 Å². The predicted octanol–water partition coefficient (Wildman–Crippen LogP) is 3.26. The summed E-state index contributed by atoms with van der Waals surface area (Å²) in [5.41, 5.74) is 1.07. The maximum absolute atomic E-state index is 12.2. The number of piperidine rings is 1. The highest BCUT2D eigenvalue weighted by Gasteiger charge is 2.22. The highest BCUT2D eigenvalue weighted by molar-refractivity contribution is 7.18. The number of carbonyl (C=O) groups is 1. The van der Waals surface area contributed by atoms with Crippen molar-refractivity contribution in [3.8, 4) is 0 Å². The zero-order chi connectivity index (χ0) is 15.4. The molecule has 0 atom stereocenters. The lowest BCUT2D eigenvalue weighted by Crippen LogP contribution is -2.40. The summed E-state index contributed by atoms with van der Waals surface area (Å²) in [4.78, 5) is 18.8. The van der Waals surface area contributed by atoms with Gasteiger partial charge in [-0.2, -0.15) is 0 Å². The number of thiazole rings is 1. The number of fused-ring (bicyclic) bond motifs is 1. The van der Waals surface area contributed by atoms with Gasteiger partial charge in [-0.1, -0.05) is 12.1 Å². The van der Waals surface area contributed by atoms with Gasteiger partial charge in [0.25, 0.3) is 0 Å². The molecule has 5 heteroatoms. The normalized spacial score (nSPS) is 16.3. The molecule has 4 nitrogen and oxygen atoms in total. The topological polar surface area (TPSA) is 42.4 Å². The molecule has 118 valence electrons. The van der Waals surface area contributed by atoms with Crippen LogP contribution in [0.15, 0.2) is 24.3 Å². The lowest BCUT2D eigenvalue weighted by molar-refractivity contribution is -0.133. The Kier molecular flexibility index (Phi) is 5.05. The van der Waals surface area contributed by atoms with E-state index in [2.05, 4.69) is 11.1 Å². The van der Waals surface area contributed by atoms with Gasteiger partial charge in [-0.15, -0.1) is 11.3 Å². The number of likely N-dealkylation sites (tertiary alicyclic amines) is 1. The number of aromatic nitrogens is 1. The van der Waals surface area contributed by atoms with E-state index >= 15 is 0 Å². The summed E-state index contributed by atoms with van der Waals surface area (Å²) >= 11 is 1.74. The Balaban J connectivity index is 1.45. The van der Waals surface area contributed by atoms with Crippen molar-refractivity contribution in [2.24, 2.45) is 0 Å². The van der Waals surface area contributed by atoms with Crippen LogP contribution in [-0.2, 0) is 16.0 Å². The highest BCUT2D eigenvalue weighted by atomic mass is 32.1. The molecular formula is C17H22N2O2S. The summed E-state index contributed by atoms with van der Waals surface area (Å²) in [5.74, 6) is 0.274. The maximum atomic E-state index is 12.2. The Hall–Kier alpha value is -1.46. The second-order valence-corrected chi connectivity index (χ2v) is 6.86. The number of benzene rings is 1. The number of ether oxygens (including phenoxy) is 1. The number of nitrogens with zero attached hydrogens (tertiary/aromatic N) is 2. The number of hydrogen-bond donors (Lipinski definition) is 0. The van der Waals surface area contributed by atoms with Crippen molar-refractivity contribution in [1.29, 1.82) is 0 Å². The third-order valence-corrected chi connectivity index (χ3v) is 5.34. The fraction of sp³-hybridized carbons (Fsp3) is 0.529. The molecule has 1 amide bonds. The van der Waals surface area contributed by atoms with Crippen LogP contribution in [0.4, 0.5) is 0 Å². The Morgan fingerprint density at radius 2 is 2.14 bits per heavy atom. The summed E-state index contributed by atoms with van der Waals surface area (Å²) in [6.45, 7) is 1.66. The zero-order valence-corrected chi connectivity index (χ0v) is 13.8. The van der Waals surface area contributed by atoms with E-state index in [0.29, 0.717) is 12.5 Å². The van der Waals surface area contributed by atoms with Crippen molar-refractivity contribution < 1.29 is 9.53 Å². The molecule has 0 aliphatic carbocycles. The van der Waals surface area contributed by atoms with Gasteiger partial charge in [0.1, 0.15) is 0 Å². The molecule has 1 aliphatic rings. The first-order valence-electron chi connectivity index (χ1n) is 7.91. The van der Waals surface area contributed by atoms with E-state index in [1.807, 2.05) is 23.1 Å². The van der Waals surface area contributed by atoms with E-state index < -0.39 is 0 Å². The zero-order valence-electron chi connectivity index (χ0n) is 13.0. The van der Waals surface area contributed by atoms with Crippen LogP contribution in [-0.4, -0.2) is 42.1 Å². The molecule has 22 heavy (non-hydrogen) atoms. The summed E-state index contributed by atoms with van der Waals surface area (Å²) in [6.07, 6.45) is 4.63. The van der Waals surface area contributed by atoms with Crippen LogP contribution >= 0.6 is 11.3 Å². The molecule has 1 fully saturated rings. The lowest BCUT2D eigenvalue weighted by atomic mass is 10.1. The third-order valence-electron chi connectivity index (χ3n) is 4.25. The van der Waals surface area contributed by atoms with Gasteiger partial charge in [0.2, 0.25) is 5.91 Å². The van der Waals surface area contributed by atoms with Gasteiger partial charge in [0.05, 0.1) is 21.3 Å². The molecule has 2 aromatic rings. The van der Waals surface area contributed by atoms with Crippen LogP contribution < -0.4 is 0 Å². The molecule has 0 N–H and O–H groups in total. The Morgan fingerprint density at radius 1 is 1.36 bits per heavy atom. The Labute approximate surface area is 135 Å². The highest BCUT2D eigenvalue weighted by Crippen LogP contribution is 2.23. The smallest absolute Gasteiger partial charge is 0.222 e. The van der Waals surface area contributed by atoms with Crippen LogP contribution in [0, 0.1) is 0 Å². The van der Waals surface area contributed by atoms with Gasteiger partial charge < -0.3 is 9.64 Å². The fourth-order valence-corrected chi connectivity index (χ4v) is 3.93. The molecule has 0 bridgehead atoms. The average Bonchev–Trinajstić information content (AvgIpc) is 2.97. The molecule has 0 spiro atoms. The van der Waals surface area contributed by atoms with Crippen molar-refractivity contribution in [3.05, 3.63) is 29.3 Å². The first-order valence-corrected chi connectivity index (χ1v) is 8.73. The molecule has 0 saturated carbocycles. The summed E-state index contributed by atoms with van der Waals surface area (Å²) in [7, 11) is 1.75. The molecule has 0 unspecified atom stereocenters. The molecule has 1 aromatic carbocycles. The van der Waals surface area contributed by atoms with Gasteiger partial charge in [-0.05, 0) is 37.8 Å². The monoisotopic (exact) mass is 318 g/mol. The minimum atomic E-state index is 0.274. The number of carbonyl (C=O) groups excluding carboxylic acids is 1. The number of aryl methyl sites for hydroxylation is 1. The number of para-hydroxylation sites is 1. The quantitative estimate of drug-likeness (QED) is 0.850. The van der Waals surface area contributed by atoms with Crippen LogP contribution in [0.3, 0.4) is 0 Å². The van der Waals surface area contributed by atoms with E-state index in [0.717, 1.165) is 49.3 Å². The van der Waals surface area contributed by atoms with Crippen molar-refractivity contribution in [1.82, 2.24) is 9.88 Å². The molecule has 1 aliphatic heterocycles. The van der Waals surface area contributed by atoms with Gasteiger partial charge >= 0.3 is 0 Å². The minimum Gasteiger partial charge on any atom is -0.381 e. The average molecular weight is 318 g/mol. The fourth-order valence-electron chi connectivity index (χ4n) is 2.92. The van der Waals surface area contributed by atoms with Crippen LogP contribution in [0.2, 0.25) is 0 Å². The molecule has 2 heterocycles. The standard InChI is InChI=1S/C17H22N2O2S/c1-21-13-9-11-19(12-10-13)17(20)8-4-7-16-18-14-5-2-3-6-15(14)22-16/h2-3,5-6,13H,4,7-12H2,1H3. The van der Waals surface area contributed by atoms with Gasteiger partial charge in [-0.25, -0.2) is 4.98 Å². The minimum absolute atomic E-state index is 0.274. The Bertz CT molecular complexity index is 599. The summed E-state index contributed by atoms with van der Waals surface area (Å²) < 4.78 is 6.57. The first-order chi connectivity index (χ1) is 10.8. The van der Waals surface area contributed by atoms with E-state index in [1.165, 1.54) is 4.70 Å². The number of methoxy groups -OCH3 is 1. The van der Waals surface area contributed by atoms with Crippen molar-refractivity contribution in [3.63, 3.8) is 0 Å². The summed E-state index contributed by atoms with van der Waals surface area (Å²) in [5, 5.41) is 1.13. The predicted molar refractivity (Wildman–Crippen MR) is 89.2 cm³/mol. The lowest BCUT2D eigenvalue weighted by Gasteiger charge is -2.31. The van der Waals surface area contributed by atoms with Gasteiger partial charge in [0.15, 0.2) is 0 Å². The van der Waals surface area contributed by atoms with Crippen molar-refractivity contribution in [2.75, 3.05) is 20.2 Å². The molecule has 1 saturated heterocycles. The maximum Gasteiger partial charge on any atom is 0.222 e. The van der Waals surface area contributed by atoms with E-state index in [1.54, 1.807) is 18.4 Å². The number of amides is 1. The second kappa shape index (κ2) is 7.20. The second-order valence-electron chi connectivity index (χ2n) is 5.74. The SMILES string of the molecule is COC1CCN(C(=O)CCCc2nc3ccccc3s2)CC1. The first kappa shape index (κ1) is 15.4. The van der Waals surface area contributed by atoms with E-state index in [9.17, 15) is 4.79 Å². The third kappa shape index (κ3) is 3.65. The van der Waals surface area contributed by atoms with Gasteiger partial charge in [-0.3, -0.25) is 4.79 Å². The molecule has 3 rings (SSSR count). The molecule has 0 radical (unpaired) electrons. The van der Waals surface area contributed by atoms with Crippen LogP contribution in [0.1, 0.15) is 30.7 Å². The van der Waals surface area contributed by atoms with Gasteiger partial charge in [0, 0.05) is 26.6 Å². The van der Waals surface area contributed by atoms with Crippen molar-refractivity contribution >= 4 is 27.5 Å². The molecular weight excluding hydrogens is 296 g/mol. The Morgan fingerprint density at radius 3 is 2.86 bits per heavy atom. The summed E-state index contributed by atoms with van der Waals surface area (Å²) in [6, 6.07) is 8.19. The van der Waals surface area contributed by atoms with Crippen molar-refractivity contribution in [2.45, 2.75) is 38.2 Å². The molecule has 1 aromatic heterocycles. The van der Waals surface area contributed by atoms with Crippen LogP contribution in [0.25, 0.3) is 10.2 Å². The largest absolute Gasteiger partial charge is 0.381 e. The number of hydrogen-bond acceptors (Lipinski definition) is 4.